The number of rotatable bonds is 2. The van der Waals surface area contributed by atoms with Crippen LogP contribution in [0.4, 0.5) is 0 Å². The molecular formula is C8H14N2O2. The number of primary amides is 2. The van der Waals surface area contributed by atoms with Crippen LogP contribution in [0.25, 0.3) is 0 Å². The molecule has 0 rings (SSSR count). The molecular weight excluding hydrogens is 156 g/mol. The van der Waals surface area contributed by atoms with Gasteiger partial charge >= 0.3 is 0 Å². The molecule has 4 nitrogen and oxygen atoms in total. The molecule has 0 atom stereocenters. The quantitative estimate of drug-likeness (QED) is 0.455. The lowest BCUT2D eigenvalue weighted by molar-refractivity contribution is -0.114. The Bertz CT molecular complexity index is 146. The van der Waals surface area contributed by atoms with E-state index < -0.39 is 11.8 Å². The molecule has 0 saturated carbocycles. The Morgan fingerprint density at radius 2 is 1.00 bits per heavy atom. The minimum absolute atomic E-state index is 0.481. The average Bonchev–Trinajstić information content (AvgIpc) is 2.09. The molecule has 0 aliphatic rings. The van der Waals surface area contributed by atoms with Gasteiger partial charge in [-0.1, -0.05) is 13.2 Å². The molecule has 68 valence electrons. The molecule has 0 aliphatic carbocycles. The topological polar surface area (TPSA) is 86.2 Å². The van der Waals surface area contributed by atoms with Crippen LogP contribution in [0, 0.1) is 0 Å². The molecule has 0 fully saturated rings. The van der Waals surface area contributed by atoms with Crippen LogP contribution in [0.1, 0.15) is 0 Å². The highest BCUT2D eigenvalue weighted by molar-refractivity contribution is 5.85. The summed E-state index contributed by atoms with van der Waals surface area (Å²) in [6.07, 6.45) is 2.11. The normalized spacial score (nSPS) is 5.67. The monoisotopic (exact) mass is 170 g/mol. The highest BCUT2D eigenvalue weighted by Crippen LogP contribution is 1.49. The average molecular weight is 170 g/mol. The Morgan fingerprint density at radius 1 is 0.917 bits per heavy atom. The molecule has 12 heavy (non-hydrogen) atoms. The zero-order valence-corrected chi connectivity index (χ0v) is 6.95. The molecule has 0 saturated heterocycles. The van der Waals surface area contributed by atoms with Crippen molar-refractivity contribution in [3.8, 4) is 0 Å². The summed E-state index contributed by atoms with van der Waals surface area (Å²) in [5.74, 6) is -0.963. The van der Waals surface area contributed by atoms with Crippen LogP contribution in [0.15, 0.2) is 38.5 Å². The summed E-state index contributed by atoms with van der Waals surface area (Å²) in [5, 5.41) is 0. The first-order valence-corrected chi connectivity index (χ1v) is 2.88. The molecule has 0 heterocycles. The molecule has 4 N–H and O–H groups in total. The summed E-state index contributed by atoms with van der Waals surface area (Å²) in [6.45, 7) is 12.2. The third kappa shape index (κ3) is 89.7. The lowest BCUT2D eigenvalue weighted by Crippen LogP contribution is -2.04. The smallest absolute Gasteiger partial charge is 0.240 e. The first-order valence-electron chi connectivity index (χ1n) is 2.88. The summed E-state index contributed by atoms with van der Waals surface area (Å²) in [5.41, 5.74) is 9.07. The van der Waals surface area contributed by atoms with Crippen LogP contribution in [0.5, 0.6) is 0 Å². The summed E-state index contributed by atoms with van der Waals surface area (Å²) in [6, 6.07) is 0. The van der Waals surface area contributed by atoms with E-state index >= 15 is 0 Å². The number of amides is 2. The zero-order valence-electron chi connectivity index (χ0n) is 6.95. The molecule has 0 aromatic heterocycles. The first-order chi connectivity index (χ1) is 5.54. The van der Waals surface area contributed by atoms with Crippen molar-refractivity contribution in [3.05, 3.63) is 38.5 Å². The van der Waals surface area contributed by atoms with Gasteiger partial charge < -0.3 is 11.5 Å². The van der Waals surface area contributed by atoms with E-state index in [0.717, 1.165) is 12.2 Å². The molecule has 0 radical (unpaired) electrons. The van der Waals surface area contributed by atoms with Crippen LogP contribution < -0.4 is 11.5 Å². The number of hydrogen-bond donors (Lipinski definition) is 2. The van der Waals surface area contributed by atoms with Gasteiger partial charge in [-0.05, 0) is 12.2 Å². The maximum atomic E-state index is 9.47. The van der Waals surface area contributed by atoms with Crippen LogP contribution in [0.2, 0.25) is 0 Å². The lowest BCUT2D eigenvalue weighted by Gasteiger charge is -1.65. The van der Waals surface area contributed by atoms with Gasteiger partial charge in [0.05, 0.1) is 0 Å². The minimum Gasteiger partial charge on any atom is -0.366 e. The highest BCUT2D eigenvalue weighted by Gasteiger charge is 1.69. The Balaban J connectivity index is -0.000000112. The van der Waals surface area contributed by atoms with Crippen molar-refractivity contribution in [1.29, 1.82) is 0 Å². The van der Waals surface area contributed by atoms with Crippen molar-refractivity contribution in [1.82, 2.24) is 0 Å². The van der Waals surface area contributed by atoms with E-state index in [0.29, 0.717) is 0 Å². The SMILES string of the molecule is C=C.C=CC(N)=O.C=CC(N)=O. The number of hydrogen-bond acceptors (Lipinski definition) is 2. The molecule has 0 aromatic carbocycles. The van der Waals surface area contributed by atoms with Gasteiger partial charge in [0.25, 0.3) is 0 Å². The van der Waals surface area contributed by atoms with E-state index in [1.165, 1.54) is 0 Å². The van der Waals surface area contributed by atoms with Crippen LogP contribution in [-0.4, -0.2) is 11.8 Å². The predicted molar refractivity (Wildman–Crippen MR) is 50.0 cm³/mol. The van der Waals surface area contributed by atoms with Crippen molar-refractivity contribution in [3.63, 3.8) is 0 Å². The standard InChI is InChI=1S/2C3H5NO.C2H4/c2*1-2-3(4)5;1-2/h2*2H,1H2,(H2,4,5);1-2H2. The molecule has 0 aromatic rings. The third-order valence-corrected chi connectivity index (χ3v) is 0.402. The predicted octanol–water partition coefficient (Wildman–Crippen LogP) is 0.118. The van der Waals surface area contributed by atoms with Crippen LogP contribution in [0.3, 0.4) is 0 Å². The van der Waals surface area contributed by atoms with Gasteiger partial charge in [-0.2, -0.15) is 0 Å². The number of nitrogens with two attached hydrogens (primary N) is 2. The third-order valence-electron chi connectivity index (χ3n) is 0.402. The van der Waals surface area contributed by atoms with Crippen molar-refractivity contribution in [2.45, 2.75) is 0 Å². The molecule has 0 unspecified atom stereocenters. The van der Waals surface area contributed by atoms with Crippen molar-refractivity contribution < 1.29 is 9.59 Å². The second kappa shape index (κ2) is 16.1. The molecule has 0 aliphatic heterocycles. The minimum atomic E-state index is -0.481. The van der Waals surface area contributed by atoms with Crippen molar-refractivity contribution >= 4 is 11.8 Å². The first kappa shape index (κ1) is 16.6. The van der Waals surface area contributed by atoms with E-state index in [4.69, 9.17) is 0 Å². The van der Waals surface area contributed by atoms with E-state index in [9.17, 15) is 9.59 Å². The molecule has 0 spiro atoms. The fourth-order valence-corrected chi connectivity index (χ4v) is 0. The van der Waals surface area contributed by atoms with Crippen molar-refractivity contribution in [2.75, 3.05) is 0 Å². The van der Waals surface area contributed by atoms with E-state index in [1.54, 1.807) is 0 Å². The second-order valence-corrected chi connectivity index (χ2v) is 1.21. The number of carbonyl (C=O) groups is 2. The van der Waals surface area contributed by atoms with E-state index in [-0.39, 0.29) is 0 Å². The fraction of sp³-hybridized carbons (Fsp3) is 0. The van der Waals surface area contributed by atoms with Crippen molar-refractivity contribution in [2.24, 2.45) is 11.5 Å². The van der Waals surface area contributed by atoms with Gasteiger partial charge in [-0.3, -0.25) is 9.59 Å². The Labute approximate surface area is 72.2 Å². The summed E-state index contributed by atoms with van der Waals surface area (Å²) in [7, 11) is 0. The summed E-state index contributed by atoms with van der Waals surface area (Å²) in [4.78, 5) is 18.9. The maximum Gasteiger partial charge on any atom is 0.240 e. The largest absolute Gasteiger partial charge is 0.366 e. The molecule has 4 heteroatoms. The fourth-order valence-electron chi connectivity index (χ4n) is 0. The highest BCUT2D eigenvalue weighted by atomic mass is 16.1. The van der Waals surface area contributed by atoms with Gasteiger partial charge in [-0.25, -0.2) is 0 Å². The van der Waals surface area contributed by atoms with E-state index in [2.05, 4.69) is 37.8 Å². The van der Waals surface area contributed by atoms with E-state index in [1.807, 2.05) is 0 Å². The number of carbonyl (C=O) groups excluding carboxylic acids is 2. The second-order valence-electron chi connectivity index (χ2n) is 1.21. The van der Waals surface area contributed by atoms with Gasteiger partial charge in [0.1, 0.15) is 0 Å². The Kier molecular flexibility index (Phi) is 22.3. The van der Waals surface area contributed by atoms with Crippen LogP contribution in [-0.2, 0) is 9.59 Å². The van der Waals surface area contributed by atoms with Crippen LogP contribution >= 0.6 is 0 Å². The Hall–Kier alpha value is -1.84. The maximum absolute atomic E-state index is 9.47. The molecule has 0 bridgehead atoms. The van der Waals surface area contributed by atoms with Gasteiger partial charge in [0.2, 0.25) is 11.8 Å². The zero-order chi connectivity index (χ0) is 10.6. The summed E-state index contributed by atoms with van der Waals surface area (Å²) >= 11 is 0. The molecule has 2 amide bonds. The Morgan fingerprint density at radius 3 is 1.00 bits per heavy atom. The lowest BCUT2D eigenvalue weighted by atomic mass is 10.6. The summed E-state index contributed by atoms with van der Waals surface area (Å²) < 4.78 is 0. The van der Waals surface area contributed by atoms with Gasteiger partial charge in [0, 0.05) is 0 Å². The van der Waals surface area contributed by atoms with Gasteiger partial charge in [-0.15, -0.1) is 13.2 Å². The van der Waals surface area contributed by atoms with Gasteiger partial charge in [0.15, 0.2) is 0 Å².